The minimum Gasteiger partial charge on any atom is -0.335 e. The molecule has 0 atom stereocenters. The molecule has 0 spiro atoms. The van der Waals surface area contributed by atoms with Crippen molar-refractivity contribution in [1.82, 2.24) is 14.9 Å². The Kier molecular flexibility index (Phi) is 5.52. The van der Waals surface area contributed by atoms with Gasteiger partial charge < -0.3 is 11.2 Å². The minimum absolute atomic E-state index is 0.0476. The number of thioether (sulfide) groups is 1. The lowest BCUT2D eigenvalue weighted by Crippen LogP contribution is -2.17. The highest BCUT2D eigenvalue weighted by atomic mass is 79.9. The van der Waals surface area contributed by atoms with Crippen molar-refractivity contribution >= 4 is 39.3 Å². The Morgan fingerprint density at radius 2 is 2.04 bits per heavy atom. The molecule has 6 nitrogen and oxygen atoms in total. The van der Waals surface area contributed by atoms with Crippen molar-refractivity contribution in [3.63, 3.8) is 0 Å². The number of nitrogen functional groups attached to an aromatic ring is 1. The summed E-state index contributed by atoms with van der Waals surface area (Å²) < 4.78 is 28.8. The molecule has 0 bridgehead atoms. The number of hydrogen-bond acceptors (Lipinski definition) is 5. The van der Waals surface area contributed by atoms with Crippen LogP contribution < -0.4 is 11.2 Å². The fraction of sp³-hybridized carbons (Fsp3) is 0.0625. The van der Waals surface area contributed by atoms with Crippen LogP contribution in [0.25, 0.3) is 11.4 Å². The highest BCUT2D eigenvalue weighted by Crippen LogP contribution is 2.23. The first-order valence-electron chi connectivity index (χ1n) is 7.28. The molecule has 3 rings (SSSR count). The second-order valence-electron chi connectivity index (χ2n) is 5.15. The van der Waals surface area contributed by atoms with E-state index in [2.05, 4.69) is 31.4 Å². The van der Waals surface area contributed by atoms with Crippen LogP contribution >= 0.6 is 27.7 Å². The molecule has 1 amide bonds. The van der Waals surface area contributed by atoms with Crippen LogP contribution in [-0.2, 0) is 4.79 Å². The zero-order chi connectivity index (χ0) is 18.7. The van der Waals surface area contributed by atoms with Crippen LogP contribution in [0.15, 0.2) is 52.1 Å². The highest BCUT2D eigenvalue weighted by Gasteiger charge is 2.15. The molecule has 0 radical (unpaired) electrons. The maximum absolute atomic E-state index is 13.7. The van der Waals surface area contributed by atoms with Crippen molar-refractivity contribution < 1.29 is 13.6 Å². The number of rotatable bonds is 5. The number of nitrogens with zero attached hydrogens (tertiary/aromatic N) is 3. The lowest BCUT2D eigenvalue weighted by Gasteiger charge is -2.07. The summed E-state index contributed by atoms with van der Waals surface area (Å²) in [6.45, 7) is 0. The van der Waals surface area contributed by atoms with Crippen LogP contribution in [0.2, 0.25) is 0 Å². The fourth-order valence-corrected chi connectivity index (χ4v) is 3.10. The normalized spacial score (nSPS) is 10.7. The summed E-state index contributed by atoms with van der Waals surface area (Å²) in [5.41, 5.74) is 0.543. The van der Waals surface area contributed by atoms with Gasteiger partial charge in [-0.3, -0.25) is 4.79 Å². The van der Waals surface area contributed by atoms with Gasteiger partial charge in [-0.05, 0) is 30.3 Å². The van der Waals surface area contributed by atoms with Crippen LogP contribution in [0.4, 0.5) is 14.5 Å². The van der Waals surface area contributed by atoms with Gasteiger partial charge in [0.15, 0.2) is 5.82 Å². The standard InChI is InChI=1S/C16H12BrF2N5OS/c17-10-4-5-13(12(19)7-10)21-14(25)8-26-16-23-22-15(24(16)20)9-2-1-3-11(18)6-9/h1-7H,8,20H2,(H,21,25). The summed E-state index contributed by atoms with van der Waals surface area (Å²) in [6, 6.07) is 10.1. The van der Waals surface area contributed by atoms with Crippen LogP contribution in [0, 0.1) is 11.6 Å². The van der Waals surface area contributed by atoms with E-state index in [0.717, 1.165) is 11.8 Å². The fourth-order valence-electron chi connectivity index (χ4n) is 2.11. The van der Waals surface area contributed by atoms with E-state index in [4.69, 9.17) is 5.84 Å². The van der Waals surface area contributed by atoms with Crippen LogP contribution in [-0.4, -0.2) is 26.5 Å². The van der Waals surface area contributed by atoms with E-state index >= 15 is 0 Å². The van der Waals surface area contributed by atoms with E-state index in [1.54, 1.807) is 12.1 Å². The Morgan fingerprint density at radius 3 is 2.77 bits per heavy atom. The first-order valence-corrected chi connectivity index (χ1v) is 9.06. The Balaban J connectivity index is 1.66. The second-order valence-corrected chi connectivity index (χ2v) is 7.01. The molecule has 134 valence electrons. The number of carbonyl (C=O) groups is 1. The molecule has 2 aromatic carbocycles. The van der Waals surface area contributed by atoms with Gasteiger partial charge in [0.25, 0.3) is 0 Å². The van der Waals surface area contributed by atoms with Gasteiger partial charge in [-0.15, -0.1) is 10.2 Å². The topological polar surface area (TPSA) is 85.8 Å². The van der Waals surface area contributed by atoms with Gasteiger partial charge in [0.1, 0.15) is 11.6 Å². The number of halogens is 3. The third-order valence-corrected chi connectivity index (χ3v) is 4.72. The number of nitrogens with two attached hydrogens (primary N) is 1. The van der Waals surface area contributed by atoms with E-state index in [1.165, 1.54) is 35.0 Å². The smallest absolute Gasteiger partial charge is 0.234 e. The monoisotopic (exact) mass is 439 g/mol. The van der Waals surface area contributed by atoms with E-state index in [-0.39, 0.29) is 22.4 Å². The molecule has 10 heteroatoms. The molecule has 3 aromatic rings. The molecule has 0 unspecified atom stereocenters. The number of aromatic nitrogens is 3. The molecule has 0 aliphatic rings. The maximum Gasteiger partial charge on any atom is 0.234 e. The molecular formula is C16H12BrF2N5OS. The Morgan fingerprint density at radius 1 is 1.23 bits per heavy atom. The van der Waals surface area contributed by atoms with Gasteiger partial charge >= 0.3 is 0 Å². The summed E-state index contributed by atoms with van der Waals surface area (Å²) in [5, 5.41) is 10.6. The molecule has 0 fully saturated rings. The molecular weight excluding hydrogens is 428 g/mol. The molecule has 26 heavy (non-hydrogen) atoms. The summed E-state index contributed by atoms with van der Waals surface area (Å²) in [5.74, 6) is 4.75. The molecule has 1 aromatic heterocycles. The van der Waals surface area contributed by atoms with E-state index < -0.39 is 17.5 Å². The largest absolute Gasteiger partial charge is 0.335 e. The summed E-state index contributed by atoms with van der Waals surface area (Å²) in [6.07, 6.45) is 0. The predicted octanol–water partition coefficient (Wildman–Crippen LogP) is 3.43. The van der Waals surface area contributed by atoms with Crippen molar-refractivity contribution in [2.24, 2.45) is 0 Å². The lowest BCUT2D eigenvalue weighted by atomic mass is 10.2. The van der Waals surface area contributed by atoms with Crippen molar-refractivity contribution in [2.75, 3.05) is 16.9 Å². The number of benzene rings is 2. The lowest BCUT2D eigenvalue weighted by molar-refractivity contribution is -0.113. The Hall–Kier alpha value is -2.46. The van der Waals surface area contributed by atoms with Gasteiger partial charge in [-0.1, -0.05) is 39.8 Å². The predicted molar refractivity (Wildman–Crippen MR) is 99.0 cm³/mol. The molecule has 1 heterocycles. The number of anilines is 1. The van der Waals surface area contributed by atoms with Gasteiger partial charge in [0, 0.05) is 10.0 Å². The minimum atomic E-state index is -0.548. The Labute approximate surface area is 159 Å². The van der Waals surface area contributed by atoms with Crippen molar-refractivity contribution in [3.05, 3.63) is 58.6 Å². The average molecular weight is 440 g/mol. The average Bonchev–Trinajstić information content (AvgIpc) is 2.96. The number of nitrogens with one attached hydrogen (secondary N) is 1. The summed E-state index contributed by atoms with van der Waals surface area (Å²) >= 11 is 4.18. The van der Waals surface area contributed by atoms with E-state index in [0.29, 0.717) is 10.0 Å². The van der Waals surface area contributed by atoms with Crippen LogP contribution in [0.1, 0.15) is 0 Å². The summed E-state index contributed by atoms with van der Waals surface area (Å²) in [7, 11) is 0. The van der Waals surface area contributed by atoms with E-state index in [9.17, 15) is 13.6 Å². The van der Waals surface area contributed by atoms with Gasteiger partial charge in [-0.25, -0.2) is 13.5 Å². The number of carbonyl (C=O) groups excluding carboxylic acids is 1. The highest BCUT2D eigenvalue weighted by molar-refractivity contribution is 9.10. The van der Waals surface area contributed by atoms with Crippen molar-refractivity contribution in [1.29, 1.82) is 0 Å². The molecule has 3 N–H and O–H groups in total. The summed E-state index contributed by atoms with van der Waals surface area (Å²) in [4.78, 5) is 12.0. The van der Waals surface area contributed by atoms with Gasteiger partial charge in [0.05, 0.1) is 11.4 Å². The first kappa shape index (κ1) is 18.3. The SMILES string of the molecule is Nn1c(SCC(=O)Nc2ccc(Br)cc2F)nnc1-c1cccc(F)c1. The zero-order valence-electron chi connectivity index (χ0n) is 13.1. The van der Waals surface area contributed by atoms with Crippen molar-refractivity contribution in [3.8, 4) is 11.4 Å². The molecule has 0 saturated carbocycles. The number of amides is 1. The third kappa shape index (κ3) is 4.20. The quantitative estimate of drug-likeness (QED) is 0.469. The van der Waals surface area contributed by atoms with Crippen molar-refractivity contribution in [2.45, 2.75) is 5.16 Å². The van der Waals surface area contributed by atoms with Gasteiger partial charge in [-0.2, -0.15) is 0 Å². The molecule has 0 aliphatic heterocycles. The maximum atomic E-state index is 13.7. The Bertz CT molecular complexity index is 966. The molecule has 0 aliphatic carbocycles. The van der Waals surface area contributed by atoms with Crippen LogP contribution in [0.3, 0.4) is 0 Å². The second kappa shape index (κ2) is 7.83. The first-order chi connectivity index (χ1) is 12.4. The number of hydrogen-bond donors (Lipinski definition) is 2. The van der Waals surface area contributed by atoms with Gasteiger partial charge in [0.2, 0.25) is 11.1 Å². The third-order valence-electron chi connectivity index (χ3n) is 3.28. The van der Waals surface area contributed by atoms with Crippen LogP contribution in [0.5, 0.6) is 0 Å². The van der Waals surface area contributed by atoms with E-state index in [1.807, 2.05) is 0 Å². The molecule has 0 saturated heterocycles. The zero-order valence-corrected chi connectivity index (χ0v) is 15.5.